The number of fused-ring (bicyclic) bond motifs is 1. The third-order valence-electron chi connectivity index (χ3n) is 2.58. The van der Waals surface area contributed by atoms with Crippen molar-refractivity contribution in [2.45, 2.75) is 0 Å². The molecule has 80 valence electrons. The lowest BCUT2D eigenvalue weighted by molar-refractivity contribution is 0.619. The van der Waals surface area contributed by atoms with Gasteiger partial charge >= 0.3 is 0 Å². The molecule has 0 aliphatic heterocycles. The number of hydrogen-bond acceptors (Lipinski definition) is 2. The van der Waals surface area contributed by atoms with Crippen LogP contribution in [0.25, 0.3) is 22.3 Å². The zero-order chi connectivity index (χ0) is 11.7. The van der Waals surface area contributed by atoms with E-state index in [4.69, 9.17) is 4.42 Å². The molecule has 0 fully saturated rings. The molecule has 0 saturated heterocycles. The summed E-state index contributed by atoms with van der Waals surface area (Å²) in [7, 11) is 0. The second-order valence-corrected chi connectivity index (χ2v) is 3.69. The van der Waals surface area contributed by atoms with Crippen molar-refractivity contribution in [1.82, 2.24) is 0 Å². The number of benzene rings is 1. The summed E-state index contributed by atoms with van der Waals surface area (Å²) in [6.45, 7) is 0. The highest BCUT2D eigenvalue weighted by atomic mass is 16.3. The molecule has 3 rings (SSSR count). The first-order valence-electron chi connectivity index (χ1n) is 5.26. The standard InChI is InChI=1S/C15H8O2/c16-13-10-15(11-6-2-1-3-7-11)17-14-9-5-4-8-12(13)14/h2,4-10H. The van der Waals surface area contributed by atoms with Crippen LogP contribution >= 0.6 is 0 Å². The molecule has 0 unspecified atom stereocenters. The minimum atomic E-state index is -0.0327. The fourth-order valence-corrected chi connectivity index (χ4v) is 1.75. The van der Waals surface area contributed by atoms with Crippen LogP contribution in [0.2, 0.25) is 0 Å². The summed E-state index contributed by atoms with van der Waals surface area (Å²) in [6, 6.07) is 19.7. The van der Waals surface area contributed by atoms with Crippen LogP contribution in [0.3, 0.4) is 0 Å². The van der Waals surface area contributed by atoms with Crippen LogP contribution in [0, 0.1) is 12.1 Å². The first kappa shape index (κ1) is 9.68. The van der Waals surface area contributed by atoms with E-state index in [-0.39, 0.29) is 5.43 Å². The van der Waals surface area contributed by atoms with Gasteiger partial charge < -0.3 is 4.42 Å². The third-order valence-corrected chi connectivity index (χ3v) is 2.58. The molecular weight excluding hydrogens is 212 g/mol. The van der Waals surface area contributed by atoms with E-state index >= 15 is 0 Å². The van der Waals surface area contributed by atoms with E-state index in [1.54, 1.807) is 24.3 Å². The van der Waals surface area contributed by atoms with E-state index in [0.717, 1.165) is 5.56 Å². The van der Waals surface area contributed by atoms with E-state index in [2.05, 4.69) is 12.1 Å². The number of hydrogen-bond donors (Lipinski definition) is 0. The molecule has 17 heavy (non-hydrogen) atoms. The molecule has 0 atom stereocenters. The largest absolute Gasteiger partial charge is 0.456 e. The Bertz CT molecular complexity index is 712. The monoisotopic (exact) mass is 220 g/mol. The van der Waals surface area contributed by atoms with Crippen LogP contribution in [0.4, 0.5) is 0 Å². The van der Waals surface area contributed by atoms with Gasteiger partial charge in [-0.05, 0) is 30.3 Å². The van der Waals surface area contributed by atoms with Gasteiger partial charge in [0.15, 0.2) is 5.43 Å². The van der Waals surface area contributed by atoms with Crippen LogP contribution in [0.1, 0.15) is 0 Å². The molecule has 0 aliphatic rings. The second kappa shape index (κ2) is 3.80. The normalized spacial score (nSPS) is 10.1. The van der Waals surface area contributed by atoms with Gasteiger partial charge in [0.05, 0.1) is 5.39 Å². The van der Waals surface area contributed by atoms with E-state index in [9.17, 15) is 4.79 Å². The van der Waals surface area contributed by atoms with Crippen molar-refractivity contribution in [3.63, 3.8) is 0 Å². The number of rotatable bonds is 1. The summed E-state index contributed by atoms with van der Waals surface area (Å²) in [5.74, 6) is 0.555. The predicted octanol–water partition coefficient (Wildman–Crippen LogP) is 3.06. The summed E-state index contributed by atoms with van der Waals surface area (Å²) in [6.07, 6.45) is 0. The summed E-state index contributed by atoms with van der Waals surface area (Å²) in [4.78, 5) is 11.9. The Labute approximate surface area is 98.1 Å². The predicted molar refractivity (Wildman–Crippen MR) is 65.6 cm³/mol. The highest BCUT2D eigenvalue weighted by Gasteiger charge is 2.05. The summed E-state index contributed by atoms with van der Waals surface area (Å²) in [5.41, 5.74) is 1.39. The molecule has 2 heteroatoms. The Balaban J connectivity index is 2.30. The molecule has 2 nitrogen and oxygen atoms in total. The van der Waals surface area contributed by atoms with E-state index in [1.165, 1.54) is 6.07 Å². The van der Waals surface area contributed by atoms with Crippen molar-refractivity contribution in [1.29, 1.82) is 0 Å². The zero-order valence-electron chi connectivity index (χ0n) is 8.94. The van der Waals surface area contributed by atoms with Crippen LogP contribution < -0.4 is 5.43 Å². The Morgan fingerprint density at radius 1 is 1.06 bits per heavy atom. The van der Waals surface area contributed by atoms with E-state index in [0.29, 0.717) is 16.7 Å². The molecule has 0 aliphatic carbocycles. The fraction of sp³-hybridized carbons (Fsp3) is 0. The fourth-order valence-electron chi connectivity index (χ4n) is 1.75. The van der Waals surface area contributed by atoms with Gasteiger partial charge in [0.2, 0.25) is 0 Å². The van der Waals surface area contributed by atoms with Gasteiger partial charge in [0, 0.05) is 11.6 Å². The SMILES string of the molecule is O=c1cc(-c2cc#ccc2)oc2ccccc12. The van der Waals surface area contributed by atoms with Crippen molar-refractivity contribution in [2.24, 2.45) is 0 Å². The van der Waals surface area contributed by atoms with Crippen molar-refractivity contribution >= 4 is 11.0 Å². The van der Waals surface area contributed by atoms with Gasteiger partial charge in [-0.15, -0.1) is 0 Å². The Kier molecular flexibility index (Phi) is 2.16. The van der Waals surface area contributed by atoms with Gasteiger partial charge in [-0.25, -0.2) is 0 Å². The van der Waals surface area contributed by atoms with Crippen molar-refractivity contribution in [3.8, 4) is 11.3 Å². The Morgan fingerprint density at radius 3 is 2.76 bits per heavy atom. The van der Waals surface area contributed by atoms with Crippen molar-refractivity contribution in [2.75, 3.05) is 0 Å². The molecule has 1 aromatic heterocycles. The van der Waals surface area contributed by atoms with Gasteiger partial charge in [-0.1, -0.05) is 24.3 Å². The van der Waals surface area contributed by atoms with Crippen LogP contribution in [0.15, 0.2) is 57.7 Å². The highest BCUT2D eigenvalue weighted by Crippen LogP contribution is 2.20. The van der Waals surface area contributed by atoms with Gasteiger partial charge in [0.1, 0.15) is 11.3 Å². The first-order valence-corrected chi connectivity index (χ1v) is 5.26. The lowest BCUT2D eigenvalue weighted by Gasteiger charge is -2.01. The minimum Gasteiger partial charge on any atom is -0.456 e. The highest BCUT2D eigenvalue weighted by molar-refractivity contribution is 5.78. The third kappa shape index (κ3) is 1.68. The smallest absolute Gasteiger partial charge is 0.193 e. The molecule has 0 N–H and O–H groups in total. The molecule has 3 aromatic rings. The van der Waals surface area contributed by atoms with Crippen LogP contribution in [-0.4, -0.2) is 0 Å². The summed E-state index contributed by atoms with van der Waals surface area (Å²) < 4.78 is 5.69. The topological polar surface area (TPSA) is 30.2 Å². The van der Waals surface area contributed by atoms with Crippen LogP contribution in [-0.2, 0) is 0 Å². The average molecular weight is 220 g/mol. The Hall–Kier alpha value is -2.53. The maximum absolute atomic E-state index is 11.9. The molecule has 0 saturated carbocycles. The molecule has 0 spiro atoms. The second-order valence-electron chi connectivity index (χ2n) is 3.69. The van der Waals surface area contributed by atoms with E-state index < -0.39 is 0 Å². The molecular formula is C15H8O2. The zero-order valence-corrected chi connectivity index (χ0v) is 8.94. The Morgan fingerprint density at radius 2 is 1.94 bits per heavy atom. The maximum Gasteiger partial charge on any atom is 0.193 e. The quantitative estimate of drug-likeness (QED) is 0.631. The lowest BCUT2D eigenvalue weighted by atomic mass is 10.1. The molecule has 2 aromatic carbocycles. The van der Waals surface area contributed by atoms with Crippen LogP contribution in [0.5, 0.6) is 0 Å². The maximum atomic E-state index is 11.9. The van der Waals surface area contributed by atoms with Gasteiger partial charge in [-0.2, -0.15) is 0 Å². The summed E-state index contributed by atoms with van der Waals surface area (Å²) in [5, 5.41) is 0.600. The lowest BCUT2D eigenvalue weighted by Crippen LogP contribution is -1.99. The summed E-state index contributed by atoms with van der Waals surface area (Å²) >= 11 is 0. The van der Waals surface area contributed by atoms with Gasteiger partial charge in [0.25, 0.3) is 0 Å². The molecule has 0 amide bonds. The molecule has 1 heterocycles. The van der Waals surface area contributed by atoms with Crippen molar-refractivity contribution in [3.05, 3.63) is 70.9 Å². The molecule has 0 bridgehead atoms. The molecule has 0 radical (unpaired) electrons. The van der Waals surface area contributed by atoms with Crippen molar-refractivity contribution < 1.29 is 4.42 Å². The minimum absolute atomic E-state index is 0.0327. The van der Waals surface area contributed by atoms with E-state index in [1.807, 2.05) is 18.2 Å². The average Bonchev–Trinajstić information content (AvgIpc) is 2.40. The number of para-hydroxylation sites is 1. The first-order chi connectivity index (χ1) is 8.34. The van der Waals surface area contributed by atoms with Gasteiger partial charge in [-0.3, -0.25) is 4.79 Å².